The zero-order valence-electron chi connectivity index (χ0n) is 8.76. The van der Waals surface area contributed by atoms with Crippen molar-refractivity contribution in [1.29, 1.82) is 0 Å². The first-order valence-corrected chi connectivity index (χ1v) is 4.85. The van der Waals surface area contributed by atoms with Crippen molar-refractivity contribution in [3.63, 3.8) is 0 Å². The molecule has 1 aromatic heterocycles. The van der Waals surface area contributed by atoms with Gasteiger partial charge in [0.1, 0.15) is 5.82 Å². The zero-order chi connectivity index (χ0) is 10.1. The van der Waals surface area contributed by atoms with Gasteiger partial charge in [-0.15, -0.1) is 0 Å². The van der Waals surface area contributed by atoms with E-state index in [2.05, 4.69) is 41.3 Å². The van der Waals surface area contributed by atoms with Gasteiger partial charge in [0.05, 0.1) is 17.1 Å². The van der Waals surface area contributed by atoms with Crippen LogP contribution in [0, 0.1) is 6.92 Å². The van der Waals surface area contributed by atoms with E-state index in [1.165, 1.54) is 5.56 Å². The van der Waals surface area contributed by atoms with Gasteiger partial charge in [-0.25, -0.2) is 4.98 Å². The minimum absolute atomic E-state index is 0.266. The molecule has 0 saturated carbocycles. The van der Waals surface area contributed by atoms with E-state index in [-0.39, 0.29) is 6.04 Å². The van der Waals surface area contributed by atoms with Crippen molar-refractivity contribution in [1.82, 2.24) is 15.3 Å². The third-order valence-electron chi connectivity index (χ3n) is 2.58. The van der Waals surface area contributed by atoms with Crippen LogP contribution in [0.4, 0.5) is 0 Å². The molecule has 14 heavy (non-hydrogen) atoms. The lowest BCUT2D eigenvalue weighted by Gasteiger charge is -2.04. The number of rotatable bonds is 2. The number of aryl methyl sites for hydroxylation is 1. The Hall–Kier alpha value is -1.35. The summed E-state index contributed by atoms with van der Waals surface area (Å²) in [6.07, 6.45) is 0. The summed E-state index contributed by atoms with van der Waals surface area (Å²) >= 11 is 0. The lowest BCUT2D eigenvalue weighted by atomic mass is 10.2. The van der Waals surface area contributed by atoms with Crippen molar-refractivity contribution in [3.8, 4) is 0 Å². The van der Waals surface area contributed by atoms with E-state index in [0.717, 1.165) is 16.9 Å². The fourth-order valence-corrected chi connectivity index (χ4v) is 1.54. The topological polar surface area (TPSA) is 40.7 Å². The Morgan fingerprint density at radius 1 is 1.43 bits per heavy atom. The Morgan fingerprint density at radius 3 is 2.86 bits per heavy atom. The highest BCUT2D eigenvalue weighted by molar-refractivity contribution is 5.78. The molecule has 1 atom stereocenters. The maximum absolute atomic E-state index is 4.56. The number of para-hydroxylation sites is 1. The van der Waals surface area contributed by atoms with Gasteiger partial charge >= 0.3 is 0 Å². The van der Waals surface area contributed by atoms with Gasteiger partial charge in [-0.1, -0.05) is 12.1 Å². The van der Waals surface area contributed by atoms with Crippen LogP contribution in [0.1, 0.15) is 24.4 Å². The van der Waals surface area contributed by atoms with E-state index in [9.17, 15) is 0 Å². The third kappa shape index (κ3) is 1.40. The molecule has 3 nitrogen and oxygen atoms in total. The molecule has 1 aromatic carbocycles. The van der Waals surface area contributed by atoms with E-state index in [1.54, 1.807) is 0 Å². The second kappa shape index (κ2) is 3.42. The monoisotopic (exact) mass is 189 g/mol. The highest BCUT2D eigenvalue weighted by Crippen LogP contribution is 2.18. The van der Waals surface area contributed by atoms with Crippen molar-refractivity contribution >= 4 is 11.0 Å². The Morgan fingerprint density at radius 2 is 2.21 bits per heavy atom. The standard InChI is InChI=1S/C11H15N3/c1-7-5-4-6-9-10(7)14-11(13-9)8(2)12-3/h4-6,8,12H,1-3H3,(H,13,14). The number of aromatic nitrogens is 2. The van der Waals surface area contributed by atoms with Crippen molar-refractivity contribution in [2.75, 3.05) is 7.05 Å². The van der Waals surface area contributed by atoms with Crippen molar-refractivity contribution in [2.45, 2.75) is 19.9 Å². The molecule has 3 heteroatoms. The molecule has 0 saturated heterocycles. The SMILES string of the molecule is CNC(C)c1nc2c(C)cccc2[nH]1. The number of benzene rings is 1. The third-order valence-corrected chi connectivity index (χ3v) is 2.58. The van der Waals surface area contributed by atoms with Gasteiger partial charge in [0.15, 0.2) is 0 Å². The number of H-pyrrole nitrogens is 1. The molecular formula is C11H15N3. The van der Waals surface area contributed by atoms with Gasteiger partial charge in [-0.2, -0.15) is 0 Å². The summed E-state index contributed by atoms with van der Waals surface area (Å²) in [6, 6.07) is 6.45. The van der Waals surface area contributed by atoms with Crippen LogP contribution in [0.2, 0.25) is 0 Å². The second-order valence-corrected chi connectivity index (χ2v) is 3.60. The Kier molecular flexibility index (Phi) is 2.25. The second-order valence-electron chi connectivity index (χ2n) is 3.60. The predicted octanol–water partition coefficient (Wildman–Crippen LogP) is 2.15. The van der Waals surface area contributed by atoms with E-state index in [4.69, 9.17) is 0 Å². The average molecular weight is 189 g/mol. The first-order valence-electron chi connectivity index (χ1n) is 4.85. The van der Waals surface area contributed by atoms with Crippen LogP contribution in [-0.4, -0.2) is 17.0 Å². The lowest BCUT2D eigenvalue weighted by Crippen LogP contribution is -2.13. The molecule has 0 radical (unpaired) electrons. The molecule has 0 aliphatic carbocycles. The molecule has 1 heterocycles. The summed E-state index contributed by atoms with van der Waals surface area (Å²) in [5, 5.41) is 3.17. The van der Waals surface area contributed by atoms with Crippen LogP contribution < -0.4 is 5.32 Å². The smallest absolute Gasteiger partial charge is 0.124 e. The van der Waals surface area contributed by atoms with Gasteiger partial charge in [0, 0.05) is 0 Å². The van der Waals surface area contributed by atoms with Gasteiger partial charge in [-0.3, -0.25) is 0 Å². The van der Waals surface area contributed by atoms with Crippen LogP contribution in [0.15, 0.2) is 18.2 Å². The van der Waals surface area contributed by atoms with Crippen LogP contribution in [0.5, 0.6) is 0 Å². The molecule has 2 aromatic rings. The van der Waals surface area contributed by atoms with Crippen LogP contribution in [0.25, 0.3) is 11.0 Å². The zero-order valence-corrected chi connectivity index (χ0v) is 8.76. The number of fused-ring (bicyclic) bond motifs is 1. The van der Waals surface area contributed by atoms with Crippen molar-refractivity contribution in [3.05, 3.63) is 29.6 Å². The summed E-state index contributed by atoms with van der Waals surface area (Å²) in [7, 11) is 1.94. The van der Waals surface area contributed by atoms with Crippen molar-refractivity contribution < 1.29 is 0 Å². The molecule has 0 fully saturated rings. The fourth-order valence-electron chi connectivity index (χ4n) is 1.54. The number of imidazole rings is 1. The molecular weight excluding hydrogens is 174 g/mol. The molecule has 0 amide bonds. The van der Waals surface area contributed by atoms with Crippen LogP contribution in [0.3, 0.4) is 0 Å². The van der Waals surface area contributed by atoms with Crippen LogP contribution in [-0.2, 0) is 0 Å². The van der Waals surface area contributed by atoms with Crippen molar-refractivity contribution in [2.24, 2.45) is 0 Å². The average Bonchev–Trinajstić information content (AvgIpc) is 2.62. The van der Waals surface area contributed by atoms with Gasteiger partial charge < -0.3 is 10.3 Å². The number of nitrogens with zero attached hydrogens (tertiary/aromatic N) is 1. The Balaban J connectivity index is 2.56. The van der Waals surface area contributed by atoms with Gasteiger partial charge in [0.2, 0.25) is 0 Å². The number of hydrogen-bond acceptors (Lipinski definition) is 2. The molecule has 0 aliphatic heterocycles. The van der Waals surface area contributed by atoms with E-state index < -0.39 is 0 Å². The minimum atomic E-state index is 0.266. The summed E-state index contributed by atoms with van der Waals surface area (Å²) in [6.45, 7) is 4.17. The van der Waals surface area contributed by atoms with Crippen LogP contribution >= 0.6 is 0 Å². The number of aromatic amines is 1. The van der Waals surface area contributed by atoms with Gasteiger partial charge in [0.25, 0.3) is 0 Å². The quantitative estimate of drug-likeness (QED) is 0.760. The molecule has 0 aliphatic rings. The Bertz CT molecular complexity index is 445. The van der Waals surface area contributed by atoms with Gasteiger partial charge in [-0.05, 0) is 32.5 Å². The normalized spacial score (nSPS) is 13.4. The van der Waals surface area contributed by atoms with E-state index in [1.807, 2.05) is 13.1 Å². The maximum atomic E-state index is 4.56. The predicted molar refractivity (Wildman–Crippen MR) is 58.3 cm³/mol. The lowest BCUT2D eigenvalue weighted by molar-refractivity contribution is 0.620. The molecule has 0 spiro atoms. The Labute approximate surface area is 83.6 Å². The molecule has 1 unspecified atom stereocenters. The fraction of sp³-hybridized carbons (Fsp3) is 0.364. The first kappa shape index (κ1) is 9.21. The highest BCUT2D eigenvalue weighted by Gasteiger charge is 2.08. The maximum Gasteiger partial charge on any atom is 0.124 e. The molecule has 2 rings (SSSR count). The molecule has 74 valence electrons. The van der Waals surface area contributed by atoms with E-state index >= 15 is 0 Å². The summed E-state index contributed by atoms with van der Waals surface area (Å²) in [4.78, 5) is 7.88. The summed E-state index contributed by atoms with van der Waals surface area (Å²) < 4.78 is 0. The summed E-state index contributed by atoms with van der Waals surface area (Å²) in [5.41, 5.74) is 3.40. The number of nitrogens with one attached hydrogen (secondary N) is 2. The molecule has 0 bridgehead atoms. The highest BCUT2D eigenvalue weighted by atomic mass is 15.0. The summed E-state index contributed by atoms with van der Waals surface area (Å²) in [5.74, 6) is 0.997. The largest absolute Gasteiger partial charge is 0.341 e. The van der Waals surface area contributed by atoms with E-state index in [0.29, 0.717) is 0 Å². The number of hydrogen-bond donors (Lipinski definition) is 2. The first-order chi connectivity index (χ1) is 6.72. The molecule has 2 N–H and O–H groups in total. The minimum Gasteiger partial charge on any atom is -0.341 e.